The average molecular weight is 233 g/mol. The first-order chi connectivity index (χ1) is 8.24. The minimum atomic E-state index is -0.662. The van der Waals surface area contributed by atoms with E-state index in [1.165, 1.54) is 0 Å². The number of benzene rings is 1. The molecular formula is C12H11NO4. The van der Waals surface area contributed by atoms with Gasteiger partial charge in [-0.2, -0.15) is 0 Å². The van der Waals surface area contributed by atoms with E-state index in [4.69, 9.17) is 14.0 Å². The molecule has 2 heterocycles. The minimum absolute atomic E-state index is 0.247. The highest BCUT2D eigenvalue weighted by Gasteiger charge is 2.16. The molecule has 0 bridgehead atoms. The fourth-order valence-corrected chi connectivity index (χ4v) is 1.68. The van der Waals surface area contributed by atoms with E-state index < -0.39 is 6.10 Å². The van der Waals surface area contributed by atoms with Crippen molar-refractivity contribution in [3.63, 3.8) is 0 Å². The molecule has 1 aliphatic rings. The van der Waals surface area contributed by atoms with E-state index in [2.05, 4.69) is 5.16 Å². The molecular weight excluding hydrogens is 222 g/mol. The Kier molecular flexibility index (Phi) is 2.26. The van der Waals surface area contributed by atoms with Gasteiger partial charge in [0.15, 0.2) is 17.3 Å². The molecule has 0 fully saturated rings. The second-order valence-electron chi connectivity index (χ2n) is 3.86. The van der Waals surface area contributed by atoms with Crippen LogP contribution in [0.25, 0.3) is 11.3 Å². The van der Waals surface area contributed by atoms with E-state index in [1.54, 1.807) is 13.0 Å². The number of ether oxygens (including phenoxy) is 2. The van der Waals surface area contributed by atoms with Crippen LogP contribution in [-0.2, 0) is 0 Å². The Morgan fingerprint density at radius 1 is 1.24 bits per heavy atom. The fourth-order valence-electron chi connectivity index (χ4n) is 1.68. The molecule has 0 aliphatic carbocycles. The lowest BCUT2D eigenvalue weighted by Gasteiger charge is -1.98. The van der Waals surface area contributed by atoms with Crippen LogP contribution in [0.3, 0.4) is 0 Å². The van der Waals surface area contributed by atoms with Crippen LogP contribution in [0, 0.1) is 0 Å². The number of aliphatic hydroxyl groups excluding tert-OH is 1. The first kappa shape index (κ1) is 10.2. The van der Waals surface area contributed by atoms with Crippen molar-refractivity contribution in [2.45, 2.75) is 13.0 Å². The smallest absolute Gasteiger partial charge is 0.231 e. The third kappa shape index (κ3) is 1.74. The summed E-state index contributed by atoms with van der Waals surface area (Å²) in [6, 6.07) is 7.25. The highest BCUT2D eigenvalue weighted by molar-refractivity contribution is 5.64. The number of fused-ring (bicyclic) bond motifs is 1. The number of rotatable bonds is 2. The molecule has 5 heteroatoms. The molecule has 88 valence electrons. The normalized spacial score (nSPS) is 14.9. The highest BCUT2D eigenvalue weighted by atomic mass is 16.7. The summed E-state index contributed by atoms with van der Waals surface area (Å²) in [4.78, 5) is 0. The molecule has 1 aromatic heterocycles. The molecule has 0 saturated carbocycles. The lowest BCUT2D eigenvalue weighted by Crippen LogP contribution is -1.92. The molecule has 1 unspecified atom stereocenters. The standard InChI is InChI=1S/C12H11NO4/c1-7(14)11-5-9(13-17-11)8-2-3-10-12(4-8)16-6-15-10/h2-5,7,14H,6H2,1H3. The van der Waals surface area contributed by atoms with Gasteiger partial charge in [0, 0.05) is 11.6 Å². The maximum atomic E-state index is 9.36. The van der Waals surface area contributed by atoms with E-state index in [1.807, 2.05) is 18.2 Å². The topological polar surface area (TPSA) is 64.7 Å². The van der Waals surface area contributed by atoms with Crippen LogP contribution in [0.5, 0.6) is 11.5 Å². The van der Waals surface area contributed by atoms with Gasteiger partial charge in [0.2, 0.25) is 6.79 Å². The lowest BCUT2D eigenvalue weighted by atomic mass is 10.1. The second-order valence-corrected chi connectivity index (χ2v) is 3.86. The highest BCUT2D eigenvalue weighted by Crippen LogP contribution is 2.35. The Balaban J connectivity index is 1.97. The number of aromatic nitrogens is 1. The number of hydrogen-bond acceptors (Lipinski definition) is 5. The van der Waals surface area contributed by atoms with Crippen LogP contribution in [0.4, 0.5) is 0 Å². The third-order valence-electron chi connectivity index (χ3n) is 2.61. The third-order valence-corrected chi connectivity index (χ3v) is 2.61. The first-order valence-electron chi connectivity index (χ1n) is 5.29. The molecule has 2 aromatic rings. The van der Waals surface area contributed by atoms with Crippen LogP contribution in [0.15, 0.2) is 28.8 Å². The van der Waals surface area contributed by atoms with E-state index >= 15 is 0 Å². The molecule has 1 atom stereocenters. The summed E-state index contributed by atoms with van der Waals surface area (Å²) in [5.41, 5.74) is 1.53. The Hall–Kier alpha value is -2.01. The van der Waals surface area contributed by atoms with Crippen molar-refractivity contribution in [2.24, 2.45) is 0 Å². The molecule has 5 nitrogen and oxygen atoms in total. The van der Waals surface area contributed by atoms with Gasteiger partial charge in [-0.3, -0.25) is 0 Å². The summed E-state index contributed by atoms with van der Waals surface area (Å²) >= 11 is 0. The fraction of sp³-hybridized carbons (Fsp3) is 0.250. The van der Waals surface area contributed by atoms with Crippen molar-refractivity contribution in [3.05, 3.63) is 30.0 Å². The minimum Gasteiger partial charge on any atom is -0.454 e. The zero-order valence-electron chi connectivity index (χ0n) is 9.21. The van der Waals surface area contributed by atoms with E-state index in [0.717, 1.165) is 11.3 Å². The van der Waals surface area contributed by atoms with E-state index in [0.29, 0.717) is 17.2 Å². The van der Waals surface area contributed by atoms with Gasteiger partial charge in [-0.25, -0.2) is 0 Å². The average Bonchev–Trinajstić information content (AvgIpc) is 2.97. The SMILES string of the molecule is CC(O)c1cc(-c2ccc3c(c2)OCO3)no1. The van der Waals surface area contributed by atoms with Crippen molar-refractivity contribution >= 4 is 0 Å². The molecule has 0 saturated heterocycles. The molecule has 3 rings (SSSR count). The zero-order chi connectivity index (χ0) is 11.8. The van der Waals surface area contributed by atoms with Crippen LogP contribution in [0.2, 0.25) is 0 Å². The van der Waals surface area contributed by atoms with Gasteiger partial charge in [0.05, 0.1) is 0 Å². The Morgan fingerprint density at radius 3 is 2.82 bits per heavy atom. The van der Waals surface area contributed by atoms with Gasteiger partial charge >= 0.3 is 0 Å². The van der Waals surface area contributed by atoms with Crippen molar-refractivity contribution < 1.29 is 19.1 Å². The maximum Gasteiger partial charge on any atom is 0.231 e. The largest absolute Gasteiger partial charge is 0.454 e. The van der Waals surface area contributed by atoms with Crippen LogP contribution < -0.4 is 9.47 Å². The molecule has 0 spiro atoms. The quantitative estimate of drug-likeness (QED) is 0.860. The Morgan fingerprint density at radius 2 is 2.06 bits per heavy atom. The van der Waals surface area contributed by atoms with Crippen LogP contribution in [0.1, 0.15) is 18.8 Å². The van der Waals surface area contributed by atoms with Crippen molar-refractivity contribution in [2.75, 3.05) is 6.79 Å². The predicted molar refractivity (Wildman–Crippen MR) is 58.7 cm³/mol. The van der Waals surface area contributed by atoms with E-state index in [9.17, 15) is 5.11 Å². The monoisotopic (exact) mass is 233 g/mol. The van der Waals surface area contributed by atoms with E-state index in [-0.39, 0.29) is 6.79 Å². The lowest BCUT2D eigenvalue weighted by molar-refractivity contribution is 0.158. The predicted octanol–water partition coefficient (Wildman–Crippen LogP) is 2.12. The second kappa shape index (κ2) is 3.78. The summed E-state index contributed by atoms with van der Waals surface area (Å²) in [5.74, 6) is 1.87. The number of hydrogen-bond donors (Lipinski definition) is 1. The summed E-state index contributed by atoms with van der Waals surface area (Å²) in [6.07, 6.45) is -0.662. The summed E-state index contributed by atoms with van der Waals surface area (Å²) in [6.45, 7) is 1.88. The molecule has 1 N–H and O–H groups in total. The number of aliphatic hydroxyl groups is 1. The van der Waals surface area contributed by atoms with Crippen molar-refractivity contribution in [1.29, 1.82) is 0 Å². The van der Waals surface area contributed by atoms with Gasteiger partial charge in [-0.1, -0.05) is 5.16 Å². The maximum absolute atomic E-state index is 9.36. The Bertz CT molecular complexity index is 547. The van der Waals surface area contributed by atoms with Crippen LogP contribution >= 0.6 is 0 Å². The van der Waals surface area contributed by atoms with Gasteiger partial charge < -0.3 is 19.1 Å². The number of nitrogens with zero attached hydrogens (tertiary/aromatic N) is 1. The Labute approximate surface area is 97.6 Å². The van der Waals surface area contributed by atoms with Gasteiger partial charge in [-0.15, -0.1) is 0 Å². The van der Waals surface area contributed by atoms with Crippen molar-refractivity contribution in [1.82, 2.24) is 5.16 Å². The summed E-state index contributed by atoms with van der Waals surface area (Å²) < 4.78 is 15.5. The summed E-state index contributed by atoms with van der Waals surface area (Å²) in [7, 11) is 0. The summed E-state index contributed by atoms with van der Waals surface area (Å²) in [5, 5.41) is 13.3. The van der Waals surface area contributed by atoms with Gasteiger partial charge in [0.25, 0.3) is 0 Å². The molecule has 1 aliphatic heterocycles. The van der Waals surface area contributed by atoms with Crippen LogP contribution in [-0.4, -0.2) is 17.1 Å². The molecule has 0 amide bonds. The van der Waals surface area contributed by atoms with Gasteiger partial charge in [-0.05, 0) is 25.1 Å². The van der Waals surface area contributed by atoms with Gasteiger partial charge in [0.1, 0.15) is 11.8 Å². The first-order valence-corrected chi connectivity index (χ1v) is 5.29. The zero-order valence-corrected chi connectivity index (χ0v) is 9.21. The molecule has 1 aromatic carbocycles. The molecule has 17 heavy (non-hydrogen) atoms. The van der Waals surface area contributed by atoms with Crippen molar-refractivity contribution in [3.8, 4) is 22.8 Å². The molecule has 0 radical (unpaired) electrons.